The minimum Gasteiger partial charge on any atom is -0.352 e. The Hall–Kier alpha value is -0.480. The van der Waals surface area contributed by atoms with Crippen LogP contribution in [0.4, 0.5) is 0 Å². The summed E-state index contributed by atoms with van der Waals surface area (Å²) in [4.78, 5) is 0. The van der Waals surface area contributed by atoms with Crippen LogP contribution in [0.3, 0.4) is 0 Å². The molecule has 2 fully saturated rings. The fourth-order valence-electron chi connectivity index (χ4n) is 2.10. The van der Waals surface area contributed by atoms with E-state index in [1.165, 1.54) is 38.5 Å². The summed E-state index contributed by atoms with van der Waals surface area (Å²) in [5.74, 6) is 6.60. The van der Waals surface area contributed by atoms with Gasteiger partial charge < -0.3 is 4.74 Å². The monoisotopic (exact) mass is 178 g/mol. The number of unbranched alkanes of at least 4 members (excludes halogenated alkanes) is 2. The third kappa shape index (κ3) is 1.89. The van der Waals surface area contributed by atoms with E-state index < -0.39 is 0 Å². The Kier molecular flexibility index (Phi) is 2.60. The van der Waals surface area contributed by atoms with Crippen LogP contribution in [0, 0.1) is 11.8 Å². The Morgan fingerprint density at radius 3 is 3.15 bits per heavy atom. The Labute approximate surface area is 80.9 Å². The lowest BCUT2D eigenvalue weighted by molar-refractivity contribution is 0.336. The van der Waals surface area contributed by atoms with Crippen LogP contribution in [-0.4, -0.2) is 11.7 Å². The molecule has 0 spiro atoms. The smallest absolute Gasteiger partial charge is 0.155 e. The van der Waals surface area contributed by atoms with E-state index in [-0.39, 0.29) is 5.60 Å². The molecule has 0 aromatic rings. The van der Waals surface area contributed by atoms with Crippen LogP contribution < -0.4 is 0 Å². The van der Waals surface area contributed by atoms with Crippen molar-refractivity contribution in [1.29, 1.82) is 0 Å². The Morgan fingerprint density at radius 1 is 1.46 bits per heavy atom. The van der Waals surface area contributed by atoms with Crippen molar-refractivity contribution in [1.82, 2.24) is 0 Å². The SMILES string of the molecule is CCCCC#C[C@]12CCCC[C@H]1O2. The lowest BCUT2D eigenvalue weighted by atomic mass is 9.89. The van der Waals surface area contributed by atoms with E-state index in [0.29, 0.717) is 6.10 Å². The molecule has 72 valence electrons. The second-order valence-corrected chi connectivity index (χ2v) is 4.15. The van der Waals surface area contributed by atoms with Crippen LogP contribution in [0.5, 0.6) is 0 Å². The molecule has 0 aromatic heterocycles. The molecule has 0 N–H and O–H groups in total. The molecule has 1 saturated heterocycles. The van der Waals surface area contributed by atoms with Gasteiger partial charge in [0.15, 0.2) is 5.60 Å². The van der Waals surface area contributed by atoms with Crippen molar-refractivity contribution >= 4 is 0 Å². The van der Waals surface area contributed by atoms with Crippen LogP contribution in [0.25, 0.3) is 0 Å². The molecule has 0 bridgehead atoms. The highest BCUT2D eigenvalue weighted by Crippen LogP contribution is 2.47. The minimum absolute atomic E-state index is 0.0337. The summed E-state index contributed by atoms with van der Waals surface area (Å²) in [5.41, 5.74) is 0.0337. The topological polar surface area (TPSA) is 12.5 Å². The van der Waals surface area contributed by atoms with Crippen molar-refractivity contribution in [2.24, 2.45) is 0 Å². The summed E-state index contributed by atoms with van der Waals surface area (Å²) in [7, 11) is 0. The van der Waals surface area contributed by atoms with Crippen molar-refractivity contribution in [3.05, 3.63) is 0 Å². The van der Waals surface area contributed by atoms with E-state index in [0.717, 1.165) is 6.42 Å². The number of ether oxygens (including phenoxy) is 1. The maximum absolute atomic E-state index is 5.67. The van der Waals surface area contributed by atoms with Crippen molar-refractivity contribution in [3.8, 4) is 11.8 Å². The number of hydrogen-bond acceptors (Lipinski definition) is 1. The highest BCUT2D eigenvalue weighted by Gasteiger charge is 2.56. The summed E-state index contributed by atoms with van der Waals surface area (Å²) >= 11 is 0. The summed E-state index contributed by atoms with van der Waals surface area (Å²) in [6, 6.07) is 0. The number of rotatable bonds is 2. The molecule has 0 radical (unpaired) electrons. The van der Waals surface area contributed by atoms with Crippen LogP contribution in [0.1, 0.15) is 51.9 Å². The normalized spacial score (nSPS) is 35.9. The molecule has 1 heterocycles. The molecule has 1 nitrogen and oxygen atoms in total. The van der Waals surface area contributed by atoms with Gasteiger partial charge in [-0.2, -0.15) is 0 Å². The lowest BCUT2D eigenvalue weighted by Crippen LogP contribution is -2.16. The van der Waals surface area contributed by atoms with E-state index in [2.05, 4.69) is 18.8 Å². The van der Waals surface area contributed by atoms with Crippen molar-refractivity contribution in [2.75, 3.05) is 0 Å². The molecule has 1 aliphatic carbocycles. The third-order valence-corrected chi connectivity index (χ3v) is 3.04. The van der Waals surface area contributed by atoms with Gasteiger partial charge in [-0.15, -0.1) is 5.92 Å². The quantitative estimate of drug-likeness (QED) is 0.360. The Morgan fingerprint density at radius 2 is 2.38 bits per heavy atom. The molecule has 0 unspecified atom stereocenters. The van der Waals surface area contributed by atoms with Gasteiger partial charge in [-0.1, -0.05) is 25.7 Å². The number of fused-ring (bicyclic) bond motifs is 1. The molecule has 2 rings (SSSR count). The van der Waals surface area contributed by atoms with Gasteiger partial charge in [0.25, 0.3) is 0 Å². The summed E-state index contributed by atoms with van der Waals surface area (Å²) in [6.45, 7) is 2.21. The van der Waals surface area contributed by atoms with E-state index >= 15 is 0 Å². The van der Waals surface area contributed by atoms with Gasteiger partial charge in [0, 0.05) is 6.42 Å². The summed E-state index contributed by atoms with van der Waals surface area (Å²) < 4.78 is 5.67. The van der Waals surface area contributed by atoms with Crippen molar-refractivity contribution < 1.29 is 4.74 Å². The predicted molar refractivity (Wildman–Crippen MR) is 53.4 cm³/mol. The van der Waals surface area contributed by atoms with Crippen LogP contribution in [-0.2, 0) is 4.74 Å². The van der Waals surface area contributed by atoms with Gasteiger partial charge in [-0.25, -0.2) is 0 Å². The van der Waals surface area contributed by atoms with Gasteiger partial charge in [0.05, 0.1) is 6.10 Å². The molecule has 2 aliphatic rings. The van der Waals surface area contributed by atoms with Crippen LogP contribution in [0.2, 0.25) is 0 Å². The Bertz CT molecular complexity index is 235. The first-order valence-electron chi connectivity index (χ1n) is 5.55. The second kappa shape index (κ2) is 3.72. The van der Waals surface area contributed by atoms with Crippen molar-refractivity contribution in [2.45, 2.75) is 63.6 Å². The fourth-order valence-corrected chi connectivity index (χ4v) is 2.10. The first kappa shape index (κ1) is 9.09. The van der Waals surface area contributed by atoms with Crippen LogP contribution >= 0.6 is 0 Å². The molecule has 1 heteroatoms. The molecule has 1 aliphatic heterocycles. The molecule has 1 saturated carbocycles. The van der Waals surface area contributed by atoms with E-state index in [1.54, 1.807) is 0 Å². The average Bonchev–Trinajstić information content (AvgIpc) is 2.87. The standard InChI is InChI=1S/C12H18O/c1-2-3-4-6-9-12-10-7-5-8-11(12)13-12/h11H,2-5,7-8,10H2,1H3/t11-,12+/m1/s1. The second-order valence-electron chi connectivity index (χ2n) is 4.15. The molecule has 0 aromatic carbocycles. The highest BCUT2D eigenvalue weighted by atomic mass is 16.6. The third-order valence-electron chi connectivity index (χ3n) is 3.04. The molecule has 2 atom stereocenters. The zero-order chi connectivity index (χ0) is 9.15. The first-order valence-corrected chi connectivity index (χ1v) is 5.55. The van der Waals surface area contributed by atoms with Gasteiger partial charge in [-0.05, 0) is 25.7 Å². The largest absolute Gasteiger partial charge is 0.352 e. The van der Waals surface area contributed by atoms with Gasteiger partial charge >= 0.3 is 0 Å². The van der Waals surface area contributed by atoms with E-state index in [9.17, 15) is 0 Å². The molecular weight excluding hydrogens is 160 g/mol. The predicted octanol–water partition coefficient (Wildman–Crippen LogP) is 2.89. The fraction of sp³-hybridized carbons (Fsp3) is 0.833. The number of hydrogen-bond donors (Lipinski definition) is 0. The van der Waals surface area contributed by atoms with Gasteiger partial charge in [-0.3, -0.25) is 0 Å². The number of epoxide rings is 1. The van der Waals surface area contributed by atoms with Gasteiger partial charge in [0.2, 0.25) is 0 Å². The van der Waals surface area contributed by atoms with Crippen molar-refractivity contribution in [3.63, 3.8) is 0 Å². The highest BCUT2D eigenvalue weighted by molar-refractivity contribution is 5.26. The maximum Gasteiger partial charge on any atom is 0.155 e. The average molecular weight is 178 g/mol. The summed E-state index contributed by atoms with van der Waals surface area (Å²) in [6.07, 6.45) is 9.07. The zero-order valence-corrected chi connectivity index (χ0v) is 8.44. The first-order chi connectivity index (χ1) is 6.37. The van der Waals surface area contributed by atoms with E-state index in [1.807, 2.05) is 0 Å². The van der Waals surface area contributed by atoms with Crippen LogP contribution in [0.15, 0.2) is 0 Å². The zero-order valence-electron chi connectivity index (χ0n) is 8.44. The Balaban J connectivity index is 1.83. The molecule has 0 amide bonds. The minimum atomic E-state index is 0.0337. The maximum atomic E-state index is 5.67. The lowest BCUT2D eigenvalue weighted by Gasteiger charge is -2.10. The summed E-state index contributed by atoms with van der Waals surface area (Å²) in [5, 5.41) is 0. The molecular formula is C12H18O. The van der Waals surface area contributed by atoms with E-state index in [4.69, 9.17) is 4.74 Å². The van der Waals surface area contributed by atoms with Gasteiger partial charge in [0.1, 0.15) is 0 Å². The molecule has 13 heavy (non-hydrogen) atoms.